The highest BCUT2D eigenvalue weighted by atomic mass is 32.2. The highest BCUT2D eigenvalue weighted by Crippen LogP contribution is 2.32. The molecule has 0 aromatic heterocycles. The van der Waals surface area contributed by atoms with Crippen molar-refractivity contribution in [1.29, 1.82) is 0 Å². The highest BCUT2D eigenvalue weighted by molar-refractivity contribution is 8.13. The Hall–Kier alpha value is -1.71. The number of carbonyl (C=O) groups is 2. The van der Waals surface area contributed by atoms with Crippen LogP contribution >= 0.6 is 11.8 Å². The maximum absolute atomic E-state index is 11.5. The maximum atomic E-state index is 11.5. The summed E-state index contributed by atoms with van der Waals surface area (Å²) in [6, 6.07) is 0. The monoisotopic (exact) mass is 361 g/mol. The molecule has 1 aliphatic carbocycles. The number of carboxylic acid groups (broad SMARTS) is 1. The van der Waals surface area contributed by atoms with Gasteiger partial charge in [-0.3, -0.25) is 9.69 Å². The van der Waals surface area contributed by atoms with Crippen molar-refractivity contribution in [1.82, 2.24) is 10.2 Å². The summed E-state index contributed by atoms with van der Waals surface area (Å²) < 4.78 is 0. The van der Waals surface area contributed by atoms with Gasteiger partial charge in [-0.25, -0.2) is 4.79 Å². The van der Waals surface area contributed by atoms with Gasteiger partial charge in [0.2, 0.25) is 0 Å². The molecule has 1 saturated carbocycles. The molecule has 2 N–H and O–H groups in total. The molecule has 136 valence electrons. The topological polar surface area (TPSA) is 122 Å². The molecule has 0 aromatic rings. The van der Waals surface area contributed by atoms with Gasteiger partial charge >= 0.3 is 6.09 Å². The summed E-state index contributed by atoms with van der Waals surface area (Å²) in [5.74, 6) is 1.28. The molecule has 2 amide bonds. The lowest BCUT2D eigenvalue weighted by molar-refractivity contribution is -0.757. The van der Waals surface area contributed by atoms with E-state index in [2.05, 4.69) is 10.2 Å². The Bertz CT molecular complexity index is 469. The highest BCUT2D eigenvalue weighted by Gasteiger charge is 2.33. The fourth-order valence-corrected chi connectivity index (χ4v) is 4.16. The summed E-state index contributed by atoms with van der Waals surface area (Å²) in [4.78, 5) is 38.5. The third-order valence-corrected chi connectivity index (χ3v) is 5.52. The summed E-state index contributed by atoms with van der Waals surface area (Å²) >= 11 is 1.11. The predicted octanol–water partition coefficient (Wildman–Crippen LogP) is 2.54. The predicted molar refractivity (Wildman–Crippen MR) is 87.1 cm³/mol. The summed E-state index contributed by atoms with van der Waals surface area (Å²) in [5, 5.41) is 21.2. The standard InChI is InChI=1S/C14H23N3O6S/c18-13-15-12(9-24-13)16(14(19)20)8-11-5-3-10(4-6-11)2-1-7-23-17(21)22/h10-12H,1-9H2,(H,15,18)(H,19,20). The molecule has 1 unspecified atom stereocenters. The zero-order valence-electron chi connectivity index (χ0n) is 13.4. The molecule has 0 radical (unpaired) electrons. The fraction of sp³-hybridized carbons (Fsp3) is 0.857. The molecular formula is C14H23N3O6S. The van der Waals surface area contributed by atoms with E-state index < -0.39 is 17.3 Å². The number of nitrogens with one attached hydrogen (secondary N) is 1. The Labute approximate surface area is 144 Å². The van der Waals surface area contributed by atoms with E-state index in [1.54, 1.807) is 0 Å². The average Bonchev–Trinajstić information content (AvgIpc) is 2.96. The van der Waals surface area contributed by atoms with Crippen molar-refractivity contribution in [3.05, 3.63) is 10.1 Å². The third-order valence-electron chi connectivity index (χ3n) is 4.65. The van der Waals surface area contributed by atoms with Crippen molar-refractivity contribution in [3.8, 4) is 0 Å². The van der Waals surface area contributed by atoms with E-state index in [9.17, 15) is 24.8 Å². The maximum Gasteiger partial charge on any atom is 0.408 e. The molecule has 9 nitrogen and oxygen atoms in total. The molecule has 24 heavy (non-hydrogen) atoms. The molecule has 0 bridgehead atoms. The van der Waals surface area contributed by atoms with E-state index in [4.69, 9.17) is 0 Å². The summed E-state index contributed by atoms with van der Waals surface area (Å²) in [6.07, 6.45) is 4.03. The number of amides is 2. The Kier molecular flexibility index (Phi) is 6.95. The molecule has 1 heterocycles. The number of carbonyl (C=O) groups excluding carboxylic acids is 1. The molecule has 1 saturated heterocycles. The normalized spacial score (nSPS) is 26.7. The van der Waals surface area contributed by atoms with Crippen molar-refractivity contribution in [3.63, 3.8) is 0 Å². The quantitative estimate of drug-likeness (QED) is 0.387. The van der Waals surface area contributed by atoms with E-state index >= 15 is 0 Å². The first kappa shape index (κ1) is 18.6. The number of hydrogen-bond donors (Lipinski definition) is 2. The summed E-state index contributed by atoms with van der Waals surface area (Å²) in [5.41, 5.74) is 0. The Morgan fingerprint density at radius 1 is 1.38 bits per heavy atom. The first-order chi connectivity index (χ1) is 11.5. The lowest BCUT2D eigenvalue weighted by atomic mass is 9.80. The van der Waals surface area contributed by atoms with Gasteiger partial charge in [-0.15, -0.1) is 10.1 Å². The van der Waals surface area contributed by atoms with E-state index in [-0.39, 0.29) is 11.8 Å². The van der Waals surface area contributed by atoms with Crippen molar-refractivity contribution in [2.45, 2.75) is 44.7 Å². The largest absolute Gasteiger partial charge is 0.465 e. The van der Waals surface area contributed by atoms with Gasteiger partial charge in [-0.1, -0.05) is 24.6 Å². The van der Waals surface area contributed by atoms with Gasteiger partial charge in [-0.05, 0) is 37.5 Å². The van der Waals surface area contributed by atoms with Crippen LogP contribution in [0, 0.1) is 22.0 Å². The van der Waals surface area contributed by atoms with Crippen LogP contribution in [0.15, 0.2) is 0 Å². The van der Waals surface area contributed by atoms with E-state index in [0.29, 0.717) is 30.6 Å². The van der Waals surface area contributed by atoms with Gasteiger partial charge in [-0.2, -0.15) is 0 Å². The SMILES string of the molecule is O=C1NC(N(CC2CCC(CCCO[N+](=O)[O-])CC2)C(=O)O)CS1. The molecule has 2 fully saturated rings. The third kappa shape index (κ3) is 5.73. The van der Waals surface area contributed by atoms with Crippen molar-refractivity contribution >= 4 is 23.1 Å². The van der Waals surface area contributed by atoms with Crippen LogP contribution < -0.4 is 5.32 Å². The van der Waals surface area contributed by atoms with Gasteiger partial charge in [0.1, 0.15) is 6.17 Å². The molecular weight excluding hydrogens is 338 g/mol. The Morgan fingerprint density at radius 2 is 2.04 bits per heavy atom. The van der Waals surface area contributed by atoms with Crippen LogP contribution in [0.1, 0.15) is 38.5 Å². The van der Waals surface area contributed by atoms with E-state index in [1.165, 1.54) is 4.90 Å². The van der Waals surface area contributed by atoms with Gasteiger partial charge in [0.05, 0.1) is 6.61 Å². The fourth-order valence-electron chi connectivity index (χ4n) is 3.37. The van der Waals surface area contributed by atoms with Crippen LogP contribution in [0.25, 0.3) is 0 Å². The van der Waals surface area contributed by atoms with Gasteiger partial charge in [0.25, 0.3) is 10.3 Å². The first-order valence-electron chi connectivity index (χ1n) is 8.16. The van der Waals surface area contributed by atoms with Crippen molar-refractivity contribution in [2.75, 3.05) is 18.9 Å². The minimum atomic E-state index is -0.998. The minimum Gasteiger partial charge on any atom is -0.465 e. The average molecular weight is 361 g/mol. The smallest absolute Gasteiger partial charge is 0.408 e. The zero-order valence-corrected chi connectivity index (χ0v) is 14.2. The summed E-state index contributed by atoms with van der Waals surface area (Å²) in [7, 11) is 0. The van der Waals surface area contributed by atoms with Gasteiger partial charge in [0.15, 0.2) is 0 Å². The van der Waals surface area contributed by atoms with Crippen molar-refractivity contribution < 1.29 is 24.6 Å². The van der Waals surface area contributed by atoms with Crippen LogP contribution in [-0.4, -0.2) is 51.5 Å². The molecule has 0 spiro atoms. The summed E-state index contributed by atoms with van der Waals surface area (Å²) in [6.45, 7) is 0.580. The lowest BCUT2D eigenvalue weighted by Gasteiger charge is -2.33. The van der Waals surface area contributed by atoms with Gasteiger partial charge < -0.3 is 15.3 Å². The number of hydrogen-bond acceptors (Lipinski definition) is 6. The molecule has 0 aromatic carbocycles. The van der Waals surface area contributed by atoms with Crippen molar-refractivity contribution in [2.24, 2.45) is 11.8 Å². The van der Waals surface area contributed by atoms with E-state index in [0.717, 1.165) is 43.9 Å². The number of thioether (sulfide) groups is 1. The van der Waals surface area contributed by atoms with Crippen LogP contribution in [0.3, 0.4) is 0 Å². The lowest BCUT2D eigenvalue weighted by Crippen LogP contribution is -2.49. The van der Waals surface area contributed by atoms with Gasteiger partial charge in [0, 0.05) is 12.3 Å². The molecule has 2 aliphatic rings. The second-order valence-electron chi connectivity index (χ2n) is 6.28. The second kappa shape index (κ2) is 8.95. The molecule has 10 heteroatoms. The first-order valence-corrected chi connectivity index (χ1v) is 9.14. The zero-order chi connectivity index (χ0) is 17.5. The minimum absolute atomic E-state index is 0.138. The number of rotatable bonds is 8. The van der Waals surface area contributed by atoms with Crippen LogP contribution in [-0.2, 0) is 4.84 Å². The Morgan fingerprint density at radius 3 is 2.58 bits per heavy atom. The van der Waals surface area contributed by atoms with E-state index in [1.807, 2.05) is 0 Å². The van der Waals surface area contributed by atoms with Crippen LogP contribution in [0.5, 0.6) is 0 Å². The number of nitrogens with zero attached hydrogens (tertiary/aromatic N) is 2. The van der Waals surface area contributed by atoms with Crippen LogP contribution in [0.2, 0.25) is 0 Å². The molecule has 1 atom stereocenters. The molecule has 1 aliphatic heterocycles. The Balaban J connectivity index is 1.70. The van der Waals surface area contributed by atoms with Crippen LogP contribution in [0.4, 0.5) is 9.59 Å². The second-order valence-corrected chi connectivity index (χ2v) is 7.27. The molecule has 2 rings (SSSR count).